The summed E-state index contributed by atoms with van der Waals surface area (Å²) in [6.07, 6.45) is 0. The van der Waals surface area contributed by atoms with E-state index in [1.165, 1.54) is 25.8 Å². The summed E-state index contributed by atoms with van der Waals surface area (Å²) in [5, 5.41) is 24.9. The SMILES string of the molecule is COc1ccc(NC(C)=O)c(NC(=O)CSc2nnc(-c3ccccc3O)n2-c2ccccc2)c1. The van der Waals surface area contributed by atoms with E-state index in [1.54, 1.807) is 47.0 Å². The van der Waals surface area contributed by atoms with Crippen LogP contribution in [0.5, 0.6) is 11.5 Å². The Balaban J connectivity index is 1.59. The smallest absolute Gasteiger partial charge is 0.234 e. The molecule has 3 aromatic carbocycles. The first-order chi connectivity index (χ1) is 17.0. The van der Waals surface area contributed by atoms with Gasteiger partial charge in [-0.2, -0.15) is 0 Å². The third kappa shape index (κ3) is 5.61. The number of thioether (sulfide) groups is 1. The number of phenolic OH excluding ortho intramolecular Hbond substituents is 1. The summed E-state index contributed by atoms with van der Waals surface area (Å²) in [4.78, 5) is 24.4. The summed E-state index contributed by atoms with van der Waals surface area (Å²) in [6.45, 7) is 1.39. The minimum Gasteiger partial charge on any atom is -0.507 e. The van der Waals surface area contributed by atoms with E-state index in [1.807, 2.05) is 30.3 Å². The Morgan fingerprint density at radius 3 is 2.43 bits per heavy atom. The van der Waals surface area contributed by atoms with Crippen LogP contribution in [0.2, 0.25) is 0 Å². The molecule has 1 heterocycles. The molecule has 0 spiro atoms. The molecule has 0 aliphatic rings. The molecule has 0 unspecified atom stereocenters. The predicted octanol–water partition coefficient (Wildman–Crippen LogP) is 4.34. The highest BCUT2D eigenvalue weighted by Crippen LogP contribution is 2.33. The van der Waals surface area contributed by atoms with Crippen molar-refractivity contribution in [3.8, 4) is 28.6 Å². The Labute approximate surface area is 206 Å². The number of nitrogens with zero attached hydrogens (tertiary/aromatic N) is 3. The lowest BCUT2D eigenvalue weighted by Crippen LogP contribution is -2.17. The van der Waals surface area contributed by atoms with Gasteiger partial charge in [-0.15, -0.1) is 10.2 Å². The van der Waals surface area contributed by atoms with E-state index < -0.39 is 0 Å². The standard InChI is InChI=1S/C25H23N5O4S/c1-16(31)26-20-13-12-18(34-2)14-21(20)27-23(33)15-35-25-29-28-24(19-10-6-7-11-22(19)32)30(25)17-8-4-3-5-9-17/h3-14,32H,15H2,1-2H3,(H,26,31)(H,27,33). The van der Waals surface area contributed by atoms with Crippen LogP contribution in [0.4, 0.5) is 11.4 Å². The van der Waals surface area contributed by atoms with E-state index in [4.69, 9.17) is 4.74 Å². The molecule has 9 nitrogen and oxygen atoms in total. The van der Waals surface area contributed by atoms with Gasteiger partial charge in [-0.05, 0) is 36.4 Å². The zero-order chi connectivity index (χ0) is 24.8. The Kier molecular flexibility index (Phi) is 7.32. The molecule has 178 valence electrons. The highest BCUT2D eigenvalue weighted by atomic mass is 32.2. The summed E-state index contributed by atoms with van der Waals surface area (Å²) in [5.74, 6) is 0.544. The van der Waals surface area contributed by atoms with Crippen LogP contribution in [0.25, 0.3) is 17.1 Å². The molecule has 10 heteroatoms. The normalized spacial score (nSPS) is 10.6. The second-order valence-corrected chi connectivity index (χ2v) is 8.37. The third-order valence-corrected chi connectivity index (χ3v) is 5.87. The summed E-state index contributed by atoms with van der Waals surface area (Å²) >= 11 is 1.20. The van der Waals surface area contributed by atoms with E-state index >= 15 is 0 Å². The van der Waals surface area contributed by atoms with Gasteiger partial charge in [0.05, 0.1) is 29.8 Å². The summed E-state index contributed by atoms with van der Waals surface area (Å²) in [5.41, 5.74) is 2.20. The first-order valence-corrected chi connectivity index (χ1v) is 11.6. The number of benzene rings is 3. The second-order valence-electron chi connectivity index (χ2n) is 7.42. The minimum atomic E-state index is -0.304. The van der Waals surface area contributed by atoms with Crippen LogP contribution in [0.3, 0.4) is 0 Å². The van der Waals surface area contributed by atoms with Gasteiger partial charge in [0.15, 0.2) is 11.0 Å². The lowest BCUT2D eigenvalue weighted by Gasteiger charge is -2.13. The van der Waals surface area contributed by atoms with Gasteiger partial charge in [-0.25, -0.2) is 0 Å². The molecule has 0 aliphatic carbocycles. The molecule has 4 aromatic rings. The molecule has 3 N–H and O–H groups in total. The number of anilines is 2. The number of carbonyl (C=O) groups is 2. The maximum absolute atomic E-state index is 12.8. The van der Waals surface area contributed by atoms with Crippen LogP contribution in [0.1, 0.15) is 6.92 Å². The van der Waals surface area contributed by atoms with Crippen molar-refractivity contribution in [2.75, 3.05) is 23.5 Å². The van der Waals surface area contributed by atoms with Gasteiger partial charge in [0, 0.05) is 18.7 Å². The van der Waals surface area contributed by atoms with Crippen LogP contribution >= 0.6 is 11.8 Å². The number of amides is 2. The van der Waals surface area contributed by atoms with Crippen LogP contribution in [-0.2, 0) is 9.59 Å². The number of hydrogen-bond acceptors (Lipinski definition) is 7. The lowest BCUT2D eigenvalue weighted by molar-refractivity contribution is -0.115. The van der Waals surface area contributed by atoms with Crippen molar-refractivity contribution in [2.24, 2.45) is 0 Å². The maximum Gasteiger partial charge on any atom is 0.234 e. The Morgan fingerprint density at radius 1 is 0.971 bits per heavy atom. The van der Waals surface area contributed by atoms with Crippen molar-refractivity contribution in [2.45, 2.75) is 12.1 Å². The predicted molar refractivity (Wildman–Crippen MR) is 135 cm³/mol. The van der Waals surface area contributed by atoms with E-state index in [0.717, 1.165) is 5.69 Å². The quantitative estimate of drug-likeness (QED) is 0.315. The van der Waals surface area contributed by atoms with Gasteiger partial charge in [0.2, 0.25) is 11.8 Å². The fourth-order valence-electron chi connectivity index (χ4n) is 3.38. The number of rotatable bonds is 8. The molecule has 35 heavy (non-hydrogen) atoms. The first kappa shape index (κ1) is 23.8. The van der Waals surface area contributed by atoms with Crippen LogP contribution < -0.4 is 15.4 Å². The largest absolute Gasteiger partial charge is 0.507 e. The molecule has 0 aliphatic heterocycles. The van der Waals surface area contributed by atoms with Gasteiger partial charge in [0.25, 0.3) is 0 Å². The molecule has 0 bridgehead atoms. The lowest BCUT2D eigenvalue weighted by atomic mass is 10.2. The van der Waals surface area contributed by atoms with Crippen molar-refractivity contribution in [3.05, 3.63) is 72.8 Å². The number of para-hydroxylation sites is 2. The number of methoxy groups -OCH3 is 1. The average Bonchev–Trinajstić information content (AvgIpc) is 3.28. The van der Waals surface area contributed by atoms with Gasteiger partial charge >= 0.3 is 0 Å². The molecule has 1 aromatic heterocycles. The summed E-state index contributed by atoms with van der Waals surface area (Å²) < 4.78 is 7.03. The number of carbonyl (C=O) groups excluding carboxylic acids is 2. The monoisotopic (exact) mass is 489 g/mol. The highest BCUT2D eigenvalue weighted by molar-refractivity contribution is 7.99. The topological polar surface area (TPSA) is 118 Å². The maximum atomic E-state index is 12.8. The zero-order valence-electron chi connectivity index (χ0n) is 19.1. The van der Waals surface area contributed by atoms with Crippen LogP contribution in [-0.4, -0.2) is 44.5 Å². The first-order valence-electron chi connectivity index (χ1n) is 10.6. The number of aromatic hydroxyl groups is 1. The second kappa shape index (κ2) is 10.7. The van der Waals surface area contributed by atoms with E-state index in [0.29, 0.717) is 33.7 Å². The Bertz CT molecular complexity index is 1360. The summed E-state index contributed by atoms with van der Waals surface area (Å²) in [7, 11) is 1.52. The fraction of sp³-hybridized carbons (Fsp3) is 0.120. The molecular formula is C25H23N5O4S. The molecule has 0 radical (unpaired) electrons. The average molecular weight is 490 g/mol. The van der Waals surface area contributed by atoms with E-state index in [9.17, 15) is 14.7 Å². The Morgan fingerprint density at radius 2 is 1.71 bits per heavy atom. The van der Waals surface area contributed by atoms with Gasteiger partial charge in [-0.1, -0.05) is 42.1 Å². The third-order valence-electron chi connectivity index (χ3n) is 4.94. The molecule has 0 atom stereocenters. The van der Waals surface area contributed by atoms with Crippen LogP contribution in [0.15, 0.2) is 78.0 Å². The molecule has 0 saturated heterocycles. The van der Waals surface area contributed by atoms with Gasteiger partial charge < -0.3 is 20.5 Å². The van der Waals surface area contributed by atoms with Crippen molar-refractivity contribution in [1.82, 2.24) is 14.8 Å². The summed E-state index contributed by atoms with van der Waals surface area (Å²) in [6, 6.07) is 21.3. The number of ether oxygens (including phenoxy) is 1. The molecular weight excluding hydrogens is 466 g/mol. The number of phenols is 1. The van der Waals surface area contributed by atoms with Gasteiger partial charge in [0.1, 0.15) is 11.5 Å². The van der Waals surface area contributed by atoms with Crippen LogP contribution in [0, 0.1) is 0 Å². The minimum absolute atomic E-state index is 0.0302. The van der Waals surface area contributed by atoms with E-state index in [-0.39, 0.29) is 23.3 Å². The fourth-order valence-corrected chi connectivity index (χ4v) is 4.13. The number of aromatic nitrogens is 3. The van der Waals surface area contributed by atoms with E-state index in [2.05, 4.69) is 20.8 Å². The molecule has 0 saturated carbocycles. The van der Waals surface area contributed by atoms with Crippen molar-refractivity contribution in [1.29, 1.82) is 0 Å². The zero-order valence-corrected chi connectivity index (χ0v) is 19.9. The highest BCUT2D eigenvalue weighted by Gasteiger charge is 2.19. The molecule has 2 amide bonds. The number of hydrogen-bond donors (Lipinski definition) is 3. The van der Waals surface area contributed by atoms with Crippen molar-refractivity contribution >= 4 is 35.0 Å². The Hall–Kier alpha value is -4.31. The molecule has 4 rings (SSSR count). The van der Waals surface area contributed by atoms with Crippen molar-refractivity contribution in [3.63, 3.8) is 0 Å². The van der Waals surface area contributed by atoms with Crippen molar-refractivity contribution < 1.29 is 19.4 Å². The molecule has 0 fully saturated rings. The van der Waals surface area contributed by atoms with Gasteiger partial charge in [-0.3, -0.25) is 14.2 Å². The number of nitrogens with one attached hydrogen (secondary N) is 2.